The van der Waals surface area contributed by atoms with Crippen molar-refractivity contribution in [2.75, 3.05) is 11.5 Å². The number of hydrogen-bond acceptors (Lipinski definition) is 2. The summed E-state index contributed by atoms with van der Waals surface area (Å²) in [5, 5.41) is 0.671. The number of ketones is 1. The van der Waals surface area contributed by atoms with Gasteiger partial charge in [-0.25, -0.2) is 0 Å². The molecule has 1 aromatic carbocycles. The van der Waals surface area contributed by atoms with Crippen LogP contribution in [0.3, 0.4) is 0 Å². The second-order valence-corrected chi connectivity index (χ2v) is 4.71. The monoisotopic (exact) mass is 228 g/mol. The number of hydrogen-bond donors (Lipinski definition) is 0. The lowest BCUT2D eigenvalue weighted by Gasteiger charge is -2.00. The lowest BCUT2D eigenvalue weighted by Crippen LogP contribution is -2.00. The second-order valence-electron chi connectivity index (χ2n) is 2.88. The van der Waals surface area contributed by atoms with Gasteiger partial charge in [-0.3, -0.25) is 4.79 Å². The molecule has 0 radical (unpaired) electrons. The van der Waals surface area contributed by atoms with E-state index in [1.807, 2.05) is 0 Å². The van der Waals surface area contributed by atoms with Gasteiger partial charge >= 0.3 is 0 Å². The van der Waals surface area contributed by atoms with Gasteiger partial charge in [0, 0.05) is 22.8 Å². The van der Waals surface area contributed by atoms with E-state index in [1.165, 1.54) is 0 Å². The third kappa shape index (κ3) is 3.72. The minimum absolute atomic E-state index is 0.197. The number of rotatable bonds is 5. The van der Waals surface area contributed by atoms with Crippen LogP contribution in [0.1, 0.15) is 23.7 Å². The van der Waals surface area contributed by atoms with E-state index in [4.69, 9.17) is 11.6 Å². The maximum atomic E-state index is 11.6. The van der Waals surface area contributed by atoms with Crippen LogP contribution in [-0.2, 0) is 0 Å². The fourth-order valence-electron chi connectivity index (χ4n) is 1.09. The van der Waals surface area contributed by atoms with E-state index in [0.717, 1.165) is 17.1 Å². The Kier molecular flexibility index (Phi) is 5.05. The van der Waals surface area contributed by atoms with Crippen molar-refractivity contribution in [3.05, 3.63) is 34.9 Å². The maximum absolute atomic E-state index is 11.6. The first kappa shape index (κ1) is 11.6. The van der Waals surface area contributed by atoms with E-state index >= 15 is 0 Å². The normalized spacial score (nSPS) is 10.1. The third-order valence-corrected chi connectivity index (χ3v) is 3.00. The molecule has 1 nitrogen and oxygen atoms in total. The summed E-state index contributed by atoms with van der Waals surface area (Å²) in [6, 6.07) is 7.06. The SMILES string of the molecule is CCSCCC(=O)c1ccc(Cl)cc1. The molecule has 76 valence electrons. The van der Waals surface area contributed by atoms with Gasteiger partial charge in [0.2, 0.25) is 0 Å². The zero-order valence-corrected chi connectivity index (χ0v) is 9.70. The van der Waals surface area contributed by atoms with Gasteiger partial charge in [0.05, 0.1) is 0 Å². The van der Waals surface area contributed by atoms with E-state index in [9.17, 15) is 4.79 Å². The third-order valence-electron chi connectivity index (χ3n) is 1.84. The van der Waals surface area contributed by atoms with Gasteiger partial charge in [-0.1, -0.05) is 18.5 Å². The summed E-state index contributed by atoms with van der Waals surface area (Å²) in [4.78, 5) is 11.6. The molecule has 0 aliphatic carbocycles. The van der Waals surface area contributed by atoms with Crippen LogP contribution in [0.15, 0.2) is 24.3 Å². The van der Waals surface area contributed by atoms with Gasteiger partial charge in [-0.15, -0.1) is 0 Å². The van der Waals surface area contributed by atoms with Crippen LogP contribution in [0.2, 0.25) is 5.02 Å². The Morgan fingerprint density at radius 2 is 2.00 bits per heavy atom. The average Bonchev–Trinajstić information content (AvgIpc) is 2.19. The predicted molar refractivity (Wildman–Crippen MR) is 63.4 cm³/mol. The van der Waals surface area contributed by atoms with Gasteiger partial charge in [-0.05, 0) is 30.0 Å². The zero-order valence-electron chi connectivity index (χ0n) is 8.13. The van der Waals surface area contributed by atoms with Crippen molar-refractivity contribution < 1.29 is 4.79 Å². The summed E-state index contributed by atoms with van der Waals surface area (Å²) in [6.45, 7) is 2.09. The highest BCUT2D eigenvalue weighted by atomic mass is 35.5. The molecule has 0 aliphatic heterocycles. The molecule has 0 amide bonds. The van der Waals surface area contributed by atoms with Crippen molar-refractivity contribution >= 4 is 29.1 Å². The number of benzene rings is 1. The van der Waals surface area contributed by atoms with Crippen molar-refractivity contribution in [1.82, 2.24) is 0 Å². The highest BCUT2D eigenvalue weighted by Crippen LogP contribution is 2.12. The molecule has 14 heavy (non-hydrogen) atoms. The second kappa shape index (κ2) is 6.10. The Labute approximate surface area is 93.8 Å². The van der Waals surface area contributed by atoms with Crippen LogP contribution < -0.4 is 0 Å². The van der Waals surface area contributed by atoms with Gasteiger partial charge in [0.1, 0.15) is 0 Å². The first-order chi connectivity index (χ1) is 6.74. The first-order valence-electron chi connectivity index (χ1n) is 4.60. The van der Waals surface area contributed by atoms with E-state index in [-0.39, 0.29) is 5.78 Å². The lowest BCUT2D eigenvalue weighted by molar-refractivity contribution is 0.0989. The molecule has 0 fully saturated rings. The van der Waals surface area contributed by atoms with Gasteiger partial charge in [0.15, 0.2) is 5.78 Å². The molecule has 0 unspecified atom stereocenters. The minimum Gasteiger partial charge on any atom is -0.294 e. The van der Waals surface area contributed by atoms with E-state index in [1.54, 1.807) is 36.0 Å². The highest BCUT2D eigenvalue weighted by molar-refractivity contribution is 7.99. The number of thioether (sulfide) groups is 1. The average molecular weight is 229 g/mol. The molecule has 0 heterocycles. The van der Waals surface area contributed by atoms with Crippen LogP contribution in [0.5, 0.6) is 0 Å². The van der Waals surface area contributed by atoms with Crippen molar-refractivity contribution in [2.24, 2.45) is 0 Å². The summed E-state index contributed by atoms with van der Waals surface area (Å²) >= 11 is 7.52. The zero-order chi connectivity index (χ0) is 10.4. The Morgan fingerprint density at radius 3 is 2.57 bits per heavy atom. The fourth-order valence-corrected chi connectivity index (χ4v) is 1.83. The molecule has 1 rings (SSSR count). The van der Waals surface area contributed by atoms with Crippen molar-refractivity contribution in [3.63, 3.8) is 0 Å². The maximum Gasteiger partial charge on any atom is 0.163 e. The Balaban J connectivity index is 2.48. The molecule has 0 aliphatic rings. The Morgan fingerprint density at radius 1 is 1.36 bits per heavy atom. The summed E-state index contributed by atoms with van der Waals surface area (Å²) in [5.74, 6) is 2.16. The molecule has 0 saturated heterocycles. The molecule has 1 aromatic rings. The topological polar surface area (TPSA) is 17.1 Å². The summed E-state index contributed by atoms with van der Waals surface area (Å²) in [6.07, 6.45) is 0.611. The number of Topliss-reactive ketones (excluding diaryl/α,β-unsaturated/α-hetero) is 1. The molecule has 0 N–H and O–H groups in total. The van der Waals surface area contributed by atoms with Crippen molar-refractivity contribution in [2.45, 2.75) is 13.3 Å². The van der Waals surface area contributed by atoms with Crippen LogP contribution >= 0.6 is 23.4 Å². The lowest BCUT2D eigenvalue weighted by atomic mass is 10.1. The van der Waals surface area contributed by atoms with Crippen molar-refractivity contribution in [3.8, 4) is 0 Å². The first-order valence-corrected chi connectivity index (χ1v) is 6.14. The predicted octanol–water partition coefficient (Wildman–Crippen LogP) is 3.67. The van der Waals surface area contributed by atoms with Crippen LogP contribution in [-0.4, -0.2) is 17.3 Å². The van der Waals surface area contributed by atoms with E-state index in [0.29, 0.717) is 11.4 Å². The summed E-state index contributed by atoms with van der Waals surface area (Å²) in [5.41, 5.74) is 0.756. The van der Waals surface area contributed by atoms with Crippen molar-refractivity contribution in [1.29, 1.82) is 0 Å². The van der Waals surface area contributed by atoms with E-state index in [2.05, 4.69) is 6.92 Å². The smallest absolute Gasteiger partial charge is 0.163 e. The fraction of sp³-hybridized carbons (Fsp3) is 0.364. The van der Waals surface area contributed by atoms with Crippen LogP contribution in [0.25, 0.3) is 0 Å². The van der Waals surface area contributed by atoms with Crippen LogP contribution in [0.4, 0.5) is 0 Å². The minimum atomic E-state index is 0.197. The van der Waals surface area contributed by atoms with E-state index < -0.39 is 0 Å². The van der Waals surface area contributed by atoms with Gasteiger partial charge < -0.3 is 0 Å². The number of carbonyl (C=O) groups excluding carboxylic acids is 1. The standard InChI is InChI=1S/C11H13ClOS/c1-2-14-8-7-11(13)9-3-5-10(12)6-4-9/h3-6H,2,7-8H2,1H3. The molecule has 3 heteroatoms. The largest absolute Gasteiger partial charge is 0.294 e. The molecule has 0 saturated carbocycles. The summed E-state index contributed by atoms with van der Waals surface area (Å²) in [7, 11) is 0. The van der Waals surface area contributed by atoms with Crippen LogP contribution in [0, 0.1) is 0 Å². The van der Waals surface area contributed by atoms with Gasteiger partial charge in [-0.2, -0.15) is 11.8 Å². The number of carbonyl (C=O) groups is 1. The number of halogens is 1. The highest BCUT2D eigenvalue weighted by Gasteiger charge is 2.04. The Hall–Kier alpha value is -0.470. The quantitative estimate of drug-likeness (QED) is 0.565. The molecular formula is C11H13ClOS. The molecule has 0 aromatic heterocycles. The molecule has 0 atom stereocenters. The molecular weight excluding hydrogens is 216 g/mol. The Bertz CT molecular complexity index is 295. The molecule has 0 spiro atoms. The summed E-state index contributed by atoms with van der Waals surface area (Å²) < 4.78 is 0. The molecule has 0 bridgehead atoms. The van der Waals surface area contributed by atoms with Gasteiger partial charge in [0.25, 0.3) is 0 Å².